The van der Waals surface area contributed by atoms with Crippen LogP contribution < -0.4 is 10.1 Å². The zero-order chi connectivity index (χ0) is 18.5. The lowest BCUT2D eigenvalue weighted by Crippen LogP contribution is -2.57. The van der Waals surface area contributed by atoms with Crippen LogP contribution >= 0.6 is 0 Å². The molecule has 0 atom stereocenters. The van der Waals surface area contributed by atoms with Crippen LogP contribution in [0.15, 0.2) is 78.9 Å². The summed E-state index contributed by atoms with van der Waals surface area (Å²) in [5.74, 6) is 0.511. The molecule has 11 nitrogen and oxygen atoms in total. The molecule has 138 valence electrons. The number of hydrogen-bond acceptors (Lipinski definition) is 5. The highest BCUT2D eigenvalue weighted by atomic mass is 15.9. The van der Waals surface area contributed by atoms with Gasteiger partial charge in [0.15, 0.2) is 0 Å². The molecule has 0 aliphatic rings. The predicted octanol–water partition coefficient (Wildman–Crippen LogP) is 0.741. The quantitative estimate of drug-likeness (QED) is 0.370. The summed E-state index contributed by atoms with van der Waals surface area (Å²) in [5.41, 5.74) is 0. The summed E-state index contributed by atoms with van der Waals surface area (Å²) in [6.07, 6.45) is 14.9. The zero-order valence-electron chi connectivity index (χ0n) is 14.8. The lowest BCUT2D eigenvalue weighted by molar-refractivity contribution is 0.490. The van der Waals surface area contributed by atoms with Crippen LogP contribution in [0.3, 0.4) is 0 Å². The van der Waals surface area contributed by atoms with E-state index in [1.165, 1.54) is 4.79 Å². The second-order valence-corrected chi connectivity index (χ2v) is 5.52. The standard InChI is InChI=1S/C16H19N11/c1-2-11-22(24-13-4-8-18-24)16(21-23-12-3-7-17-23)27(25-14-5-9-19-25)26-15-6-10-20-26/h3-10,12-15H,2,11H2,1H3/b21-16+. The SMILES string of the molecule is CCCN(/C(=N\n1cccn1)N(n1cccn1)n1cccn1)n1cccn1. The second-order valence-electron chi connectivity index (χ2n) is 5.52. The van der Waals surface area contributed by atoms with Crippen LogP contribution in [0.25, 0.3) is 0 Å². The minimum atomic E-state index is 0.511. The Kier molecular flexibility index (Phi) is 4.64. The maximum Gasteiger partial charge on any atom is 0.284 e. The van der Waals surface area contributed by atoms with E-state index in [1.807, 2.05) is 47.9 Å². The van der Waals surface area contributed by atoms with Gasteiger partial charge in [0, 0.05) is 12.7 Å². The summed E-state index contributed by atoms with van der Waals surface area (Å²) >= 11 is 0. The lowest BCUT2D eigenvalue weighted by atomic mass is 10.5. The molecule has 4 aromatic rings. The first-order chi connectivity index (χ1) is 13.4. The van der Waals surface area contributed by atoms with Crippen LogP contribution in [0.2, 0.25) is 0 Å². The van der Waals surface area contributed by atoms with Crippen LogP contribution in [-0.4, -0.2) is 52.1 Å². The zero-order valence-corrected chi connectivity index (χ0v) is 14.8. The van der Waals surface area contributed by atoms with Gasteiger partial charge in [0.2, 0.25) is 0 Å². The molecule has 0 amide bonds. The molecule has 4 rings (SSSR count). The fourth-order valence-corrected chi connectivity index (χ4v) is 2.54. The molecule has 4 aromatic heterocycles. The predicted molar refractivity (Wildman–Crippen MR) is 98.7 cm³/mol. The highest BCUT2D eigenvalue weighted by Crippen LogP contribution is 2.04. The van der Waals surface area contributed by atoms with Crippen molar-refractivity contribution in [1.29, 1.82) is 0 Å². The third-order valence-electron chi connectivity index (χ3n) is 3.63. The van der Waals surface area contributed by atoms with Crippen LogP contribution in [0.1, 0.15) is 13.3 Å². The van der Waals surface area contributed by atoms with Gasteiger partial charge in [0.05, 0.1) is 43.4 Å². The van der Waals surface area contributed by atoms with Gasteiger partial charge in [0.25, 0.3) is 5.96 Å². The fourth-order valence-electron chi connectivity index (χ4n) is 2.54. The third kappa shape index (κ3) is 3.42. The van der Waals surface area contributed by atoms with E-state index in [-0.39, 0.29) is 0 Å². The Morgan fingerprint density at radius 3 is 1.81 bits per heavy atom. The van der Waals surface area contributed by atoms with Crippen molar-refractivity contribution in [2.75, 3.05) is 16.7 Å². The molecule has 0 radical (unpaired) electrons. The van der Waals surface area contributed by atoms with Gasteiger partial charge in [-0.1, -0.05) is 6.92 Å². The maximum absolute atomic E-state index is 4.70. The lowest BCUT2D eigenvalue weighted by Gasteiger charge is -2.32. The van der Waals surface area contributed by atoms with Crippen molar-refractivity contribution in [2.45, 2.75) is 13.3 Å². The number of aromatic nitrogens is 8. The maximum atomic E-state index is 4.70. The van der Waals surface area contributed by atoms with Crippen LogP contribution in [0, 0.1) is 0 Å². The molecule has 0 bridgehead atoms. The average Bonchev–Trinajstić information content (AvgIpc) is 3.49. The Morgan fingerprint density at radius 1 is 0.778 bits per heavy atom. The van der Waals surface area contributed by atoms with Crippen molar-refractivity contribution in [3.8, 4) is 0 Å². The number of rotatable bonds is 6. The van der Waals surface area contributed by atoms with Crippen molar-refractivity contribution < 1.29 is 0 Å². The molecule has 0 aliphatic carbocycles. The first-order valence-corrected chi connectivity index (χ1v) is 8.53. The Hall–Kier alpha value is -3.89. The summed E-state index contributed by atoms with van der Waals surface area (Å²) < 4.78 is 0. The highest BCUT2D eigenvalue weighted by molar-refractivity contribution is 5.96. The Labute approximate surface area is 155 Å². The molecular weight excluding hydrogens is 346 g/mol. The molecule has 0 N–H and O–H groups in total. The van der Waals surface area contributed by atoms with Gasteiger partial charge in [0.1, 0.15) is 0 Å². The molecular formula is C16H19N11. The van der Waals surface area contributed by atoms with E-state index < -0.39 is 0 Å². The summed E-state index contributed by atoms with van der Waals surface area (Å²) in [6.45, 7) is 2.76. The van der Waals surface area contributed by atoms with E-state index in [0.717, 1.165) is 6.42 Å². The van der Waals surface area contributed by atoms with Crippen LogP contribution in [-0.2, 0) is 0 Å². The van der Waals surface area contributed by atoms with Crippen molar-refractivity contribution in [3.05, 3.63) is 73.8 Å². The molecule has 0 aromatic carbocycles. The molecule has 0 fully saturated rings. The van der Waals surface area contributed by atoms with Crippen LogP contribution in [0.5, 0.6) is 0 Å². The van der Waals surface area contributed by atoms with Gasteiger partial charge in [-0.05, 0) is 30.7 Å². The Morgan fingerprint density at radius 2 is 1.33 bits per heavy atom. The topological polar surface area (TPSA) is 90.1 Å². The van der Waals surface area contributed by atoms with Gasteiger partial charge in [-0.15, -0.1) is 10.2 Å². The van der Waals surface area contributed by atoms with E-state index >= 15 is 0 Å². The van der Waals surface area contributed by atoms with Crippen molar-refractivity contribution in [1.82, 2.24) is 39.6 Å². The summed E-state index contributed by atoms with van der Waals surface area (Å²) in [6, 6.07) is 7.34. The molecule has 0 unspecified atom stereocenters. The minimum Gasteiger partial charge on any atom is -0.229 e. The number of hydrogen-bond donors (Lipinski definition) is 0. The van der Waals surface area contributed by atoms with Gasteiger partial charge in [-0.2, -0.15) is 39.6 Å². The molecule has 27 heavy (non-hydrogen) atoms. The Balaban J connectivity index is 1.88. The largest absolute Gasteiger partial charge is 0.284 e. The fraction of sp³-hybridized carbons (Fsp3) is 0.188. The van der Waals surface area contributed by atoms with Crippen molar-refractivity contribution in [3.63, 3.8) is 0 Å². The van der Waals surface area contributed by atoms with E-state index in [4.69, 9.17) is 5.10 Å². The van der Waals surface area contributed by atoms with Gasteiger partial charge < -0.3 is 0 Å². The van der Waals surface area contributed by atoms with Crippen molar-refractivity contribution in [2.24, 2.45) is 5.10 Å². The Bertz CT molecular complexity index is 902. The van der Waals surface area contributed by atoms with E-state index in [0.29, 0.717) is 12.5 Å². The van der Waals surface area contributed by atoms with Crippen LogP contribution in [0.4, 0.5) is 0 Å². The second kappa shape index (κ2) is 7.56. The minimum absolute atomic E-state index is 0.511. The molecule has 0 aliphatic heterocycles. The normalized spacial score (nSPS) is 11.7. The van der Waals surface area contributed by atoms with E-state index in [2.05, 4.69) is 27.3 Å². The molecule has 0 spiro atoms. The number of nitrogens with zero attached hydrogens (tertiary/aromatic N) is 11. The van der Waals surface area contributed by atoms with E-state index in [9.17, 15) is 0 Å². The van der Waals surface area contributed by atoms with Gasteiger partial charge in [-0.3, -0.25) is 0 Å². The van der Waals surface area contributed by atoms with Gasteiger partial charge in [-0.25, -0.2) is 5.01 Å². The molecule has 0 saturated heterocycles. The highest BCUT2D eigenvalue weighted by Gasteiger charge is 2.25. The first-order valence-electron chi connectivity index (χ1n) is 8.53. The summed E-state index contributed by atoms with van der Waals surface area (Å²) in [4.78, 5) is 6.50. The molecule has 11 heteroatoms. The third-order valence-corrected chi connectivity index (χ3v) is 3.63. The van der Waals surface area contributed by atoms with Crippen molar-refractivity contribution >= 4 is 5.96 Å². The smallest absolute Gasteiger partial charge is 0.229 e. The van der Waals surface area contributed by atoms with E-state index in [1.54, 1.807) is 50.5 Å². The summed E-state index contributed by atoms with van der Waals surface area (Å²) in [5, 5.41) is 25.7. The number of guanidine groups is 1. The first kappa shape index (κ1) is 16.6. The monoisotopic (exact) mass is 365 g/mol. The molecule has 0 saturated carbocycles. The average molecular weight is 365 g/mol. The molecule has 4 heterocycles. The summed E-state index contributed by atoms with van der Waals surface area (Å²) in [7, 11) is 0. The van der Waals surface area contributed by atoms with Gasteiger partial charge >= 0.3 is 0 Å².